The summed E-state index contributed by atoms with van der Waals surface area (Å²) in [4.78, 5) is 13.7. The van der Waals surface area contributed by atoms with Crippen LogP contribution in [0.15, 0.2) is 24.4 Å². The van der Waals surface area contributed by atoms with Gasteiger partial charge in [-0.1, -0.05) is 23.7 Å². The van der Waals surface area contributed by atoms with Crippen LogP contribution in [0.1, 0.15) is 11.1 Å². The van der Waals surface area contributed by atoms with E-state index < -0.39 is 0 Å². The highest BCUT2D eigenvalue weighted by Crippen LogP contribution is 2.22. The summed E-state index contributed by atoms with van der Waals surface area (Å²) in [7, 11) is 5.88. The minimum atomic E-state index is 0.00630. The Morgan fingerprint density at radius 2 is 2.19 bits per heavy atom. The fourth-order valence-corrected chi connectivity index (χ4v) is 1.87. The van der Waals surface area contributed by atoms with E-state index in [-0.39, 0.29) is 5.91 Å². The average Bonchev–Trinajstić information content (AvgIpc) is 2.22. The second-order valence-corrected chi connectivity index (χ2v) is 4.35. The van der Waals surface area contributed by atoms with E-state index in [1.54, 1.807) is 0 Å². The van der Waals surface area contributed by atoms with Crippen LogP contribution in [0.25, 0.3) is 5.57 Å². The zero-order valence-electron chi connectivity index (χ0n) is 9.87. The summed E-state index contributed by atoms with van der Waals surface area (Å²) in [5.74, 6) is 0.00630. The smallest absolute Gasteiger partial charge is 0.253 e. The molecule has 1 N–H and O–H groups in total. The molecule has 0 fully saturated rings. The molecule has 1 aliphatic rings. The lowest BCUT2D eigenvalue weighted by atomic mass is 9.87. The van der Waals surface area contributed by atoms with Gasteiger partial charge in [-0.25, -0.2) is 0 Å². The molecule has 0 unspecified atom stereocenters. The first-order valence-corrected chi connectivity index (χ1v) is 5.34. The quantitative estimate of drug-likeness (QED) is 0.503. The molecule has 16 heavy (non-hydrogen) atoms. The van der Waals surface area contributed by atoms with Crippen LogP contribution in [-0.4, -0.2) is 32.7 Å². The Kier molecular flexibility index (Phi) is 2.73. The number of nitrogens with one attached hydrogen (secondary N) is 1. The van der Waals surface area contributed by atoms with Gasteiger partial charge in [-0.3, -0.25) is 4.79 Å². The largest absolute Gasteiger partial charge is 0.383 e. The number of nitrogens with zero attached hydrogens (tertiary/aromatic N) is 1. The van der Waals surface area contributed by atoms with Gasteiger partial charge in [0, 0.05) is 26.8 Å². The predicted molar refractivity (Wildman–Crippen MR) is 68.1 cm³/mol. The number of fused-ring (bicyclic) bond motifs is 1. The van der Waals surface area contributed by atoms with E-state index in [2.05, 4.69) is 23.5 Å². The first kappa shape index (κ1) is 10.8. The number of carbonyl (C=O) groups excluding carboxylic acids is 1. The number of hydrogen-bond acceptors (Lipinski definition) is 2. The molecule has 0 bridgehead atoms. The molecule has 3 nitrogen and oxygen atoms in total. The predicted octanol–water partition coefficient (Wildman–Crippen LogP) is -0.523. The molecule has 0 saturated carbocycles. The summed E-state index contributed by atoms with van der Waals surface area (Å²) in [6.45, 7) is 0.624. The van der Waals surface area contributed by atoms with Crippen molar-refractivity contribution in [1.29, 1.82) is 0 Å². The molecule has 1 amide bonds. The highest BCUT2D eigenvalue weighted by molar-refractivity contribution is 6.33. The van der Waals surface area contributed by atoms with Crippen LogP contribution in [0.4, 0.5) is 0 Å². The number of carbonyl (C=O) groups is 1. The van der Waals surface area contributed by atoms with Gasteiger partial charge in [0.1, 0.15) is 7.85 Å². The molecule has 0 saturated heterocycles. The van der Waals surface area contributed by atoms with Crippen LogP contribution in [-0.2, 0) is 11.3 Å². The van der Waals surface area contributed by atoms with Crippen molar-refractivity contribution >= 4 is 24.8 Å². The van der Waals surface area contributed by atoms with E-state index in [0.717, 1.165) is 11.1 Å². The van der Waals surface area contributed by atoms with Crippen LogP contribution < -0.4 is 10.8 Å². The molecule has 1 aliphatic heterocycles. The van der Waals surface area contributed by atoms with Gasteiger partial charge in [-0.15, -0.1) is 0 Å². The molecule has 82 valence electrons. The van der Waals surface area contributed by atoms with Gasteiger partial charge in [0.05, 0.1) is 5.57 Å². The number of amides is 1. The lowest BCUT2D eigenvalue weighted by molar-refractivity contribution is -0.116. The Bertz CT molecular complexity index is 466. The third-order valence-corrected chi connectivity index (χ3v) is 2.63. The van der Waals surface area contributed by atoms with Crippen molar-refractivity contribution < 1.29 is 4.79 Å². The van der Waals surface area contributed by atoms with E-state index in [1.165, 1.54) is 11.0 Å². The molecular formula is C12H15BN2O. The molecule has 0 radical (unpaired) electrons. The van der Waals surface area contributed by atoms with Gasteiger partial charge in [-0.05, 0) is 11.1 Å². The van der Waals surface area contributed by atoms with Gasteiger partial charge >= 0.3 is 0 Å². The summed E-state index contributed by atoms with van der Waals surface area (Å²) in [5.41, 5.74) is 4.16. The highest BCUT2D eigenvalue weighted by Gasteiger charge is 2.20. The van der Waals surface area contributed by atoms with Crippen LogP contribution >= 0.6 is 0 Å². The maximum atomic E-state index is 11.8. The standard InChI is InChI=1S/C12H15BN2O/c1-15(2)7-11-10-5-9(13)4-3-8(10)6-14-12(11)16/h3-5,7H,6,13H2,1-2H3,(H,14,16)/b11-7+. The Balaban J connectivity index is 2.55. The SMILES string of the molecule is Bc1ccc2c(c1)/C(=C\N(C)C)C(=O)NC2. The van der Waals surface area contributed by atoms with Crippen LogP contribution in [0, 0.1) is 0 Å². The summed E-state index contributed by atoms with van der Waals surface area (Å²) >= 11 is 0. The molecule has 1 aromatic rings. The maximum Gasteiger partial charge on any atom is 0.253 e. The molecule has 0 atom stereocenters. The second-order valence-electron chi connectivity index (χ2n) is 4.35. The number of benzene rings is 1. The molecule has 0 aliphatic carbocycles. The molecule has 2 rings (SSSR count). The molecular weight excluding hydrogens is 199 g/mol. The van der Waals surface area contributed by atoms with E-state index in [0.29, 0.717) is 6.54 Å². The van der Waals surface area contributed by atoms with Gasteiger partial charge in [0.25, 0.3) is 5.91 Å². The minimum Gasteiger partial charge on any atom is -0.383 e. The molecule has 4 heteroatoms. The number of hydrogen-bond donors (Lipinski definition) is 1. The lowest BCUT2D eigenvalue weighted by Crippen LogP contribution is -2.31. The van der Waals surface area contributed by atoms with Crippen molar-refractivity contribution in [3.05, 3.63) is 35.5 Å². The first-order chi connectivity index (χ1) is 7.58. The van der Waals surface area contributed by atoms with E-state index in [1.807, 2.05) is 33.0 Å². The van der Waals surface area contributed by atoms with Crippen LogP contribution in [0.5, 0.6) is 0 Å². The van der Waals surface area contributed by atoms with Crippen molar-refractivity contribution in [3.8, 4) is 0 Å². The minimum absolute atomic E-state index is 0.00630. The van der Waals surface area contributed by atoms with Crippen molar-refractivity contribution in [1.82, 2.24) is 10.2 Å². The lowest BCUT2D eigenvalue weighted by Gasteiger charge is -2.21. The molecule has 1 aromatic carbocycles. The van der Waals surface area contributed by atoms with E-state index >= 15 is 0 Å². The fraction of sp³-hybridized carbons (Fsp3) is 0.250. The molecule has 0 aromatic heterocycles. The second kappa shape index (κ2) is 4.04. The Hall–Kier alpha value is -1.71. The topological polar surface area (TPSA) is 32.3 Å². The van der Waals surface area contributed by atoms with Gasteiger partial charge in [0.15, 0.2) is 0 Å². The van der Waals surface area contributed by atoms with Crippen molar-refractivity contribution in [2.24, 2.45) is 0 Å². The van der Waals surface area contributed by atoms with Crippen LogP contribution in [0.2, 0.25) is 0 Å². The summed E-state index contributed by atoms with van der Waals surface area (Å²) in [6, 6.07) is 6.22. The summed E-state index contributed by atoms with van der Waals surface area (Å²) < 4.78 is 0. The number of rotatable bonds is 1. The zero-order chi connectivity index (χ0) is 11.7. The molecule has 0 spiro atoms. The van der Waals surface area contributed by atoms with Crippen molar-refractivity contribution in [3.63, 3.8) is 0 Å². The highest BCUT2D eigenvalue weighted by atomic mass is 16.1. The Labute approximate surface area is 96.5 Å². The maximum absolute atomic E-state index is 11.8. The van der Waals surface area contributed by atoms with Gasteiger partial charge < -0.3 is 10.2 Å². The normalized spacial score (nSPS) is 16.9. The van der Waals surface area contributed by atoms with Crippen LogP contribution in [0.3, 0.4) is 0 Å². The monoisotopic (exact) mass is 214 g/mol. The summed E-state index contributed by atoms with van der Waals surface area (Å²) in [6.07, 6.45) is 1.87. The summed E-state index contributed by atoms with van der Waals surface area (Å²) in [5, 5.41) is 2.88. The van der Waals surface area contributed by atoms with E-state index in [4.69, 9.17) is 0 Å². The Morgan fingerprint density at radius 3 is 2.88 bits per heavy atom. The zero-order valence-corrected chi connectivity index (χ0v) is 9.87. The Morgan fingerprint density at radius 1 is 1.44 bits per heavy atom. The molecule has 1 heterocycles. The fourth-order valence-electron chi connectivity index (χ4n) is 1.87. The average molecular weight is 214 g/mol. The third-order valence-electron chi connectivity index (χ3n) is 2.63. The third kappa shape index (κ3) is 1.96. The van der Waals surface area contributed by atoms with Crippen molar-refractivity contribution in [2.75, 3.05) is 14.1 Å². The van der Waals surface area contributed by atoms with Gasteiger partial charge in [0.2, 0.25) is 0 Å². The van der Waals surface area contributed by atoms with E-state index in [9.17, 15) is 4.79 Å². The van der Waals surface area contributed by atoms with Crippen molar-refractivity contribution in [2.45, 2.75) is 6.54 Å². The first-order valence-electron chi connectivity index (χ1n) is 5.34. The van der Waals surface area contributed by atoms with Gasteiger partial charge in [-0.2, -0.15) is 0 Å².